The number of para-hydroxylation sites is 1. The second-order valence-corrected chi connectivity index (χ2v) is 6.91. The number of amides is 1. The van der Waals surface area contributed by atoms with E-state index in [-0.39, 0.29) is 5.91 Å². The fourth-order valence-corrected chi connectivity index (χ4v) is 3.34. The molecule has 1 N–H and O–H groups in total. The molecule has 1 aliphatic rings. The van der Waals surface area contributed by atoms with Gasteiger partial charge in [-0.2, -0.15) is 0 Å². The van der Waals surface area contributed by atoms with Gasteiger partial charge in [0.25, 0.3) is 5.91 Å². The fraction of sp³-hybridized carbons (Fsp3) is 0.111. The van der Waals surface area contributed by atoms with Crippen LogP contribution >= 0.6 is 27.7 Å². The van der Waals surface area contributed by atoms with Gasteiger partial charge in [-0.15, -0.1) is 0 Å². The van der Waals surface area contributed by atoms with Crippen molar-refractivity contribution in [3.8, 4) is 0 Å². The van der Waals surface area contributed by atoms with Crippen molar-refractivity contribution in [1.82, 2.24) is 5.32 Å². The van der Waals surface area contributed by atoms with Crippen molar-refractivity contribution in [2.24, 2.45) is 4.99 Å². The van der Waals surface area contributed by atoms with Gasteiger partial charge in [0, 0.05) is 4.47 Å². The van der Waals surface area contributed by atoms with E-state index in [1.807, 2.05) is 42.5 Å². The van der Waals surface area contributed by atoms with Crippen LogP contribution in [0.3, 0.4) is 0 Å². The number of carbonyl (C=O) groups excluding carboxylic acids is 1. The smallest absolute Gasteiger partial charge is 0.264 e. The molecular weight excluding hydrogens is 372 g/mol. The maximum atomic E-state index is 12.1. The number of halogens is 1. The first-order valence-corrected chi connectivity index (χ1v) is 8.89. The van der Waals surface area contributed by atoms with E-state index in [9.17, 15) is 4.79 Å². The Hall–Kier alpha value is -1.85. The predicted molar refractivity (Wildman–Crippen MR) is 101 cm³/mol. The molecule has 116 valence electrons. The summed E-state index contributed by atoms with van der Waals surface area (Å²) < 4.78 is 0.898. The monoisotopic (exact) mass is 386 g/mol. The van der Waals surface area contributed by atoms with E-state index in [4.69, 9.17) is 0 Å². The Morgan fingerprint density at radius 1 is 1.17 bits per heavy atom. The first-order chi connectivity index (χ1) is 11.2. The normalized spacial score (nSPS) is 17.7. The molecule has 0 aliphatic carbocycles. The topological polar surface area (TPSA) is 41.5 Å². The second kappa shape index (κ2) is 7.15. The van der Waals surface area contributed by atoms with Crippen molar-refractivity contribution < 1.29 is 4.79 Å². The lowest BCUT2D eigenvalue weighted by Crippen LogP contribution is -2.19. The predicted octanol–water partition coefficient (Wildman–Crippen LogP) is 4.90. The van der Waals surface area contributed by atoms with Gasteiger partial charge in [-0.25, -0.2) is 4.99 Å². The molecule has 23 heavy (non-hydrogen) atoms. The minimum Gasteiger partial charge on any atom is -0.300 e. The third-order valence-electron chi connectivity index (χ3n) is 3.41. The lowest BCUT2D eigenvalue weighted by molar-refractivity contribution is -0.115. The molecule has 1 fully saturated rings. The number of thioether (sulfide) groups is 1. The van der Waals surface area contributed by atoms with Gasteiger partial charge < -0.3 is 5.32 Å². The summed E-state index contributed by atoms with van der Waals surface area (Å²) in [6, 6.07) is 15.9. The van der Waals surface area contributed by atoms with Crippen LogP contribution in [0.1, 0.15) is 18.1 Å². The molecule has 0 unspecified atom stereocenters. The zero-order valence-corrected chi connectivity index (χ0v) is 14.9. The summed E-state index contributed by atoms with van der Waals surface area (Å²) >= 11 is 4.81. The van der Waals surface area contributed by atoms with Gasteiger partial charge in [0.05, 0.1) is 10.6 Å². The Balaban J connectivity index is 1.82. The standard InChI is InChI=1S/C18H15BrN2OS/c1-2-12-7-9-13(10-8-12)11-16-17(22)21-18(23-16)20-15-6-4-3-5-14(15)19/h3-11H,2H2,1H3,(H,20,21,22)/b16-11-. The number of aliphatic imine (C=N–C) groups is 1. The minimum atomic E-state index is -0.111. The number of rotatable bonds is 3. The summed E-state index contributed by atoms with van der Waals surface area (Å²) in [5, 5.41) is 3.40. The van der Waals surface area contributed by atoms with Crippen molar-refractivity contribution in [2.45, 2.75) is 13.3 Å². The summed E-state index contributed by atoms with van der Waals surface area (Å²) in [6.45, 7) is 2.12. The molecule has 0 spiro atoms. The highest BCUT2D eigenvalue weighted by molar-refractivity contribution is 9.10. The molecule has 2 aromatic carbocycles. The van der Waals surface area contributed by atoms with Crippen molar-refractivity contribution >= 4 is 50.5 Å². The van der Waals surface area contributed by atoms with Crippen LogP contribution in [-0.2, 0) is 11.2 Å². The number of carbonyl (C=O) groups is 1. The van der Waals surface area contributed by atoms with Crippen LogP contribution < -0.4 is 5.32 Å². The average molecular weight is 387 g/mol. The lowest BCUT2D eigenvalue weighted by atomic mass is 10.1. The molecule has 0 aromatic heterocycles. The molecule has 0 radical (unpaired) electrons. The molecule has 2 aromatic rings. The van der Waals surface area contributed by atoms with Gasteiger partial charge in [-0.05, 0) is 63.4 Å². The third-order valence-corrected chi connectivity index (χ3v) is 4.99. The zero-order valence-electron chi connectivity index (χ0n) is 12.5. The highest BCUT2D eigenvalue weighted by Gasteiger charge is 2.23. The number of benzene rings is 2. The summed E-state index contributed by atoms with van der Waals surface area (Å²) in [5.41, 5.74) is 3.10. The third kappa shape index (κ3) is 3.92. The first kappa shape index (κ1) is 16.0. The van der Waals surface area contributed by atoms with Gasteiger partial charge in [-0.3, -0.25) is 4.79 Å². The highest BCUT2D eigenvalue weighted by atomic mass is 79.9. The molecular formula is C18H15BrN2OS. The van der Waals surface area contributed by atoms with Crippen molar-refractivity contribution in [1.29, 1.82) is 0 Å². The van der Waals surface area contributed by atoms with Crippen molar-refractivity contribution in [2.75, 3.05) is 0 Å². The van der Waals surface area contributed by atoms with Gasteiger partial charge >= 0.3 is 0 Å². The number of hydrogen-bond donors (Lipinski definition) is 1. The summed E-state index contributed by atoms with van der Waals surface area (Å²) in [6.07, 6.45) is 2.90. The van der Waals surface area contributed by atoms with Crippen LogP contribution in [-0.4, -0.2) is 11.1 Å². The molecule has 0 bridgehead atoms. The molecule has 3 rings (SSSR count). The minimum absolute atomic E-state index is 0.111. The molecule has 3 nitrogen and oxygen atoms in total. The Morgan fingerprint density at radius 2 is 1.91 bits per heavy atom. The van der Waals surface area contributed by atoms with Crippen molar-refractivity contribution in [3.63, 3.8) is 0 Å². The Labute approximate surface area is 148 Å². The zero-order chi connectivity index (χ0) is 16.2. The number of nitrogens with zero attached hydrogens (tertiary/aromatic N) is 1. The quantitative estimate of drug-likeness (QED) is 0.761. The van der Waals surface area contributed by atoms with E-state index < -0.39 is 0 Å². The summed E-state index contributed by atoms with van der Waals surface area (Å²) in [5.74, 6) is -0.111. The first-order valence-electron chi connectivity index (χ1n) is 7.29. The van der Waals surface area contributed by atoms with Crippen LogP contribution in [0.5, 0.6) is 0 Å². The van der Waals surface area contributed by atoms with Gasteiger partial charge in [0.2, 0.25) is 0 Å². The van der Waals surface area contributed by atoms with Crippen LogP contribution in [0.4, 0.5) is 5.69 Å². The molecule has 1 amide bonds. The van der Waals surface area contributed by atoms with Crippen molar-refractivity contribution in [3.05, 3.63) is 69.0 Å². The number of nitrogens with one attached hydrogen (secondary N) is 1. The summed E-state index contributed by atoms with van der Waals surface area (Å²) in [7, 11) is 0. The molecule has 0 saturated carbocycles. The molecule has 1 aliphatic heterocycles. The Bertz CT molecular complexity index is 797. The lowest BCUT2D eigenvalue weighted by Gasteiger charge is -1.99. The van der Waals surface area contributed by atoms with Gasteiger partial charge in [0.1, 0.15) is 0 Å². The fourth-order valence-electron chi connectivity index (χ4n) is 2.13. The van der Waals surface area contributed by atoms with E-state index in [1.165, 1.54) is 17.3 Å². The summed E-state index contributed by atoms with van der Waals surface area (Å²) in [4.78, 5) is 17.2. The number of hydrogen-bond acceptors (Lipinski definition) is 3. The Morgan fingerprint density at radius 3 is 2.61 bits per heavy atom. The van der Waals surface area contributed by atoms with Crippen LogP contribution in [0, 0.1) is 0 Å². The molecule has 5 heteroatoms. The molecule has 1 saturated heterocycles. The van der Waals surface area contributed by atoms with Crippen LogP contribution in [0.15, 0.2) is 62.9 Å². The maximum absolute atomic E-state index is 12.1. The number of aryl methyl sites for hydroxylation is 1. The van der Waals surface area contributed by atoms with Crippen LogP contribution in [0.2, 0.25) is 0 Å². The van der Waals surface area contributed by atoms with E-state index >= 15 is 0 Å². The van der Waals surface area contributed by atoms with E-state index in [1.54, 1.807) is 0 Å². The van der Waals surface area contributed by atoms with E-state index in [0.717, 1.165) is 22.1 Å². The Kier molecular flexibility index (Phi) is 4.98. The second-order valence-electron chi connectivity index (χ2n) is 5.03. The maximum Gasteiger partial charge on any atom is 0.264 e. The molecule has 1 heterocycles. The SMILES string of the molecule is CCc1ccc(/C=C2\SC(=Nc3ccccc3Br)NC2=O)cc1. The van der Waals surface area contributed by atoms with Gasteiger partial charge in [-0.1, -0.05) is 43.3 Å². The largest absolute Gasteiger partial charge is 0.300 e. The van der Waals surface area contributed by atoms with E-state index in [2.05, 4.69) is 45.3 Å². The van der Waals surface area contributed by atoms with E-state index in [0.29, 0.717) is 10.1 Å². The number of amidine groups is 1. The van der Waals surface area contributed by atoms with Gasteiger partial charge in [0.15, 0.2) is 5.17 Å². The molecule has 0 atom stereocenters. The average Bonchev–Trinajstić information content (AvgIpc) is 2.90. The van der Waals surface area contributed by atoms with Crippen LogP contribution in [0.25, 0.3) is 6.08 Å². The highest BCUT2D eigenvalue weighted by Crippen LogP contribution is 2.30.